The summed E-state index contributed by atoms with van der Waals surface area (Å²) in [6.07, 6.45) is 5.92. The van der Waals surface area contributed by atoms with E-state index in [0.29, 0.717) is 60.1 Å². The number of hydrogen-bond donors (Lipinski definition) is 0. The van der Waals surface area contributed by atoms with Crippen LogP contribution in [0.1, 0.15) is 86.9 Å². The molecule has 0 spiro atoms. The van der Waals surface area contributed by atoms with Crippen molar-refractivity contribution in [3.63, 3.8) is 0 Å². The number of pyridine rings is 4. The number of carbonyl (C=O) groups excluding carboxylic acids is 3. The topological polar surface area (TPSA) is 261 Å². The molecule has 2 aliphatic heterocycles. The summed E-state index contributed by atoms with van der Waals surface area (Å²) in [5.41, 5.74) is 8.50. The molecule has 20 nitrogen and oxygen atoms in total. The molecule has 0 radical (unpaired) electrons. The third-order valence-electron chi connectivity index (χ3n) is 10.1. The molecular weight excluding hydrogens is 1040 g/mol. The molecular formula is C43H41F6K2N10O10P. The molecule has 0 aliphatic carbocycles. The van der Waals surface area contributed by atoms with Crippen molar-refractivity contribution in [1.29, 1.82) is 0 Å². The maximum Gasteiger partial charge on any atom is 1.00 e. The minimum atomic E-state index is -4.62. The third kappa shape index (κ3) is 16.3. The number of carbonyl (C=O) groups is 3. The van der Waals surface area contributed by atoms with Crippen LogP contribution in [0.25, 0.3) is 49.9 Å². The van der Waals surface area contributed by atoms with Gasteiger partial charge in [0, 0.05) is 81.4 Å². The SMILES string of the molecule is C#Cc1ccc2ncc(-c3cn(C4CCCCO4)nc3C(F)(F)F)cc2n1.COP(=O)(OC)C(=[N+]=[N-])C(C)=O.O=CO[O-].O=Cc1ccc2ncc(-c3cn(C4CCCCO4)nc3C(F)(F)F)cc2n1.[H-].[K+].[K+]. The molecule has 0 saturated carbocycles. The second-order valence-corrected chi connectivity index (χ2v) is 16.8. The first kappa shape index (κ1) is 62.5. The van der Waals surface area contributed by atoms with Crippen LogP contribution in [0.15, 0.2) is 61.2 Å². The Kier molecular flexibility index (Phi) is 24.9. The second kappa shape index (κ2) is 28.7. The Labute approximate surface area is 492 Å². The second-order valence-electron chi connectivity index (χ2n) is 14.6. The van der Waals surface area contributed by atoms with Crippen molar-refractivity contribution in [2.24, 2.45) is 0 Å². The quantitative estimate of drug-likeness (QED) is 0.0180. The van der Waals surface area contributed by atoms with Crippen LogP contribution in [-0.2, 0) is 49.9 Å². The first-order valence-electron chi connectivity index (χ1n) is 20.5. The molecule has 0 N–H and O–H groups in total. The van der Waals surface area contributed by atoms with Crippen molar-refractivity contribution in [1.82, 2.24) is 39.5 Å². The van der Waals surface area contributed by atoms with Crippen molar-refractivity contribution < 1.29 is 183 Å². The summed E-state index contributed by atoms with van der Waals surface area (Å²) in [7, 11) is -1.51. The van der Waals surface area contributed by atoms with Crippen LogP contribution in [-0.4, -0.2) is 95.7 Å². The summed E-state index contributed by atoms with van der Waals surface area (Å²) >= 11 is 0. The summed E-state index contributed by atoms with van der Waals surface area (Å²) < 4.78 is 115. The van der Waals surface area contributed by atoms with Crippen LogP contribution in [0.3, 0.4) is 0 Å². The summed E-state index contributed by atoms with van der Waals surface area (Å²) in [5.74, 6) is 1.75. The molecule has 2 aliphatic rings. The van der Waals surface area contributed by atoms with Crippen molar-refractivity contribution >= 4 is 53.7 Å². The first-order chi connectivity index (χ1) is 33.3. The number of fused-ring (bicyclic) bond motifs is 2. The zero-order chi connectivity index (χ0) is 51.2. The van der Waals surface area contributed by atoms with E-state index in [1.54, 1.807) is 24.3 Å². The van der Waals surface area contributed by atoms with E-state index in [1.807, 2.05) is 0 Å². The summed E-state index contributed by atoms with van der Waals surface area (Å²) in [5, 5.41) is 16.0. The molecule has 0 amide bonds. The number of terminal acetylenes is 1. The average Bonchev–Trinajstić information content (AvgIpc) is 4.04. The number of hydrogen-bond acceptors (Lipinski definition) is 16. The Morgan fingerprint density at radius 2 is 1.29 bits per heavy atom. The van der Waals surface area contributed by atoms with Crippen molar-refractivity contribution in [3.05, 3.63) is 89.5 Å². The maximum atomic E-state index is 13.6. The van der Waals surface area contributed by atoms with Crippen LogP contribution in [0.5, 0.6) is 0 Å². The molecule has 8 heterocycles. The van der Waals surface area contributed by atoms with Gasteiger partial charge in [0.1, 0.15) is 23.8 Å². The van der Waals surface area contributed by atoms with E-state index in [9.17, 15) is 40.5 Å². The van der Waals surface area contributed by atoms with Gasteiger partial charge in [-0.3, -0.25) is 24.4 Å². The molecule has 2 saturated heterocycles. The fourth-order valence-corrected chi connectivity index (χ4v) is 7.81. The van der Waals surface area contributed by atoms with E-state index in [4.69, 9.17) is 31.5 Å². The Morgan fingerprint density at radius 3 is 1.64 bits per heavy atom. The van der Waals surface area contributed by atoms with E-state index in [1.165, 1.54) is 46.3 Å². The van der Waals surface area contributed by atoms with Crippen molar-refractivity contribution in [2.45, 2.75) is 70.3 Å². The molecule has 0 aromatic carbocycles. The minimum Gasteiger partial charge on any atom is -1.00 e. The number of rotatable bonds is 10. The normalized spacial score (nSPS) is 15.5. The van der Waals surface area contributed by atoms with Crippen molar-refractivity contribution in [2.75, 3.05) is 27.4 Å². The minimum absolute atomic E-state index is 0. The first-order valence-corrected chi connectivity index (χ1v) is 22.1. The molecule has 372 valence electrons. The van der Waals surface area contributed by atoms with Gasteiger partial charge in [0.25, 0.3) is 6.47 Å². The predicted octanol–water partition coefficient (Wildman–Crippen LogP) is 1.46. The molecule has 6 aromatic rings. The molecule has 6 aromatic heterocycles. The van der Waals surface area contributed by atoms with Crippen LogP contribution in [0, 0.1) is 12.3 Å². The van der Waals surface area contributed by atoms with E-state index in [2.05, 4.69) is 54.8 Å². The van der Waals surface area contributed by atoms with Gasteiger partial charge < -0.3 is 35.6 Å². The van der Waals surface area contributed by atoms with Gasteiger partial charge in [0.05, 0.1) is 22.1 Å². The molecule has 2 atom stereocenters. The fraction of sp³-hybridized carbons (Fsp3) is 0.349. The van der Waals surface area contributed by atoms with Crippen LogP contribution < -0.4 is 108 Å². The Bertz CT molecular complexity index is 2970. The summed E-state index contributed by atoms with van der Waals surface area (Å²) in [6.45, 7) is 1.93. The zero-order valence-corrected chi connectivity index (χ0v) is 46.2. The fourth-order valence-electron chi connectivity index (χ4n) is 6.82. The molecule has 2 fully saturated rings. The number of aldehydes is 1. The Balaban J connectivity index is 0.000000377. The predicted molar refractivity (Wildman–Crippen MR) is 232 cm³/mol. The van der Waals surface area contributed by atoms with E-state index >= 15 is 0 Å². The van der Waals surface area contributed by atoms with E-state index in [0.717, 1.165) is 46.8 Å². The van der Waals surface area contributed by atoms with Gasteiger partial charge in [0.15, 0.2) is 17.7 Å². The van der Waals surface area contributed by atoms with Gasteiger partial charge in [-0.05, 0) is 74.9 Å². The van der Waals surface area contributed by atoms with Crippen LogP contribution >= 0.6 is 7.60 Å². The molecule has 2 unspecified atom stereocenters. The Hall–Kier alpha value is -3.83. The molecule has 8 rings (SSSR count). The summed E-state index contributed by atoms with van der Waals surface area (Å²) in [4.78, 5) is 52.1. The average molecular weight is 1080 g/mol. The van der Waals surface area contributed by atoms with Gasteiger partial charge in [-0.2, -0.15) is 41.3 Å². The number of ether oxygens (including phenoxy) is 2. The van der Waals surface area contributed by atoms with Gasteiger partial charge >= 0.3 is 128 Å². The van der Waals surface area contributed by atoms with E-state index < -0.39 is 55.0 Å². The molecule has 0 bridgehead atoms. The smallest absolute Gasteiger partial charge is 1.00 e. The maximum absolute atomic E-state index is 13.6. The number of alkyl halides is 6. The van der Waals surface area contributed by atoms with Gasteiger partial charge in [-0.15, -0.1) is 6.42 Å². The van der Waals surface area contributed by atoms with Gasteiger partial charge in [0.2, 0.25) is 5.78 Å². The molecule has 29 heteroatoms. The van der Waals surface area contributed by atoms with Crippen molar-refractivity contribution in [3.8, 4) is 34.6 Å². The third-order valence-corrected chi connectivity index (χ3v) is 12.0. The Morgan fingerprint density at radius 1 is 0.833 bits per heavy atom. The van der Waals surface area contributed by atoms with Gasteiger partial charge in [-0.1, -0.05) is 5.92 Å². The molecule has 72 heavy (non-hydrogen) atoms. The van der Waals surface area contributed by atoms with Crippen LogP contribution in [0.2, 0.25) is 0 Å². The van der Waals surface area contributed by atoms with Gasteiger partial charge in [-0.25, -0.2) is 23.9 Å². The number of halogens is 6. The van der Waals surface area contributed by atoms with Crippen LogP contribution in [0.4, 0.5) is 26.3 Å². The summed E-state index contributed by atoms with van der Waals surface area (Å²) in [6, 6.07) is 9.44. The number of Topliss-reactive ketones (excluding diaryl/α,β-unsaturated/α-hetero) is 1. The largest absolute Gasteiger partial charge is 1.00 e. The number of ketones is 1. The standard InChI is InChI=1S/C19H15F3N4O.C18H15F3N4O2.C5H9N2O4P.CH2O3.2K.H/c1-2-13-6-7-15-16(24-13)9-12(10-23-15)14-11-26(17-5-3-4-8-27-17)25-18(14)19(20,21)22;19-18(20,21)17-13(9-25(24-17)16-3-1-2-6-27-16)11-7-15-14(22-8-11)5-4-12(10-26)23-15;1-4(8)5(7-6)12(9,10-2)11-3;2-1-4-3;;;/h1,6-7,9-11,17H,3-5,8H2;4-5,7-10,16H,1-3,6H2;1-3H3;1,3H;;;/q;;;;2*+1;-1/p-1. The number of aromatic nitrogens is 8. The monoisotopic (exact) mass is 1080 g/mol. The van der Waals surface area contributed by atoms with E-state index in [-0.39, 0.29) is 139 Å². The number of nitrogens with zero attached hydrogens (tertiary/aromatic N) is 10. The zero-order valence-electron chi connectivity index (χ0n) is 40.1.